The number of allylic oxidation sites excluding steroid dienone is 4. The first kappa shape index (κ1) is 26.0. The number of nitrogens with zero attached hydrogens (tertiary/aromatic N) is 2. The van der Waals surface area contributed by atoms with Gasteiger partial charge in [-0.25, -0.2) is 4.98 Å². The molecule has 1 unspecified atom stereocenters. The number of fused-ring (bicyclic) bond motifs is 3. The number of rotatable bonds is 10. The fourth-order valence-corrected chi connectivity index (χ4v) is 6.31. The number of para-hydroxylation sites is 1. The van der Waals surface area contributed by atoms with Gasteiger partial charge in [-0.3, -0.25) is 4.79 Å². The first-order valence-corrected chi connectivity index (χ1v) is 14.5. The van der Waals surface area contributed by atoms with Gasteiger partial charge in [0.25, 0.3) is 0 Å². The zero-order valence-corrected chi connectivity index (χ0v) is 23.7. The SMILES string of the molecule is Cc1cc2[nH]cnc2cc1C(NC=O)c1c(CNCc2ccc3ccn(CC4=CC=CCC4)c3c2)[nH]c2ccccc12. The predicted octanol–water partition coefficient (Wildman–Crippen LogP) is 6.71. The summed E-state index contributed by atoms with van der Waals surface area (Å²) in [5.74, 6) is 0. The van der Waals surface area contributed by atoms with E-state index in [1.807, 2.05) is 12.1 Å². The summed E-state index contributed by atoms with van der Waals surface area (Å²) in [6, 6.07) is 21.0. The molecule has 7 rings (SSSR count). The molecule has 0 spiro atoms. The molecule has 1 aliphatic rings. The van der Waals surface area contributed by atoms with E-state index in [1.54, 1.807) is 6.33 Å². The molecule has 210 valence electrons. The lowest BCUT2D eigenvalue weighted by Crippen LogP contribution is -2.24. The number of aromatic amines is 2. The number of hydrogen-bond donors (Lipinski definition) is 4. The van der Waals surface area contributed by atoms with E-state index in [0.717, 1.165) is 76.7 Å². The summed E-state index contributed by atoms with van der Waals surface area (Å²) in [5.41, 5.74) is 11.1. The van der Waals surface area contributed by atoms with Crippen LogP contribution in [0.4, 0.5) is 0 Å². The molecule has 0 saturated carbocycles. The number of nitrogens with one attached hydrogen (secondary N) is 4. The van der Waals surface area contributed by atoms with Crippen LogP contribution < -0.4 is 10.6 Å². The van der Waals surface area contributed by atoms with Crippen molar-refractivity contribution in [2.45, 2.75) is 45.4 Å². The highest BCUT2D eigenvalue weighted by Gasteiger charge is 2.24. The Labute approximate surface area is 244 Å². The molecular formula is C35H34N6O. The monoisotopic (exact) mass is 554 g/mol. The third-order valence-electron chi connectivity index (χ3n) is 8.41. The predicted molar refractivity (Wildman–Crippen MR) is 169 cm³/mol. The quantitative estimate of drug-likeness (QED) is 0.142. The molecule has 3 aromatic carbocycles. The molecule has 0 aliphatic heterocycles. The van der Waals surface area contributed by atoms with Crippen molar-refractivity contribution in [2.24, 2.45) is 0 Å². The molecule has 0 radical (unpaired) electrons. The van der Waals surface area contributed by atoms with Crippen molar-refractivity contribution in [1.82, 2.24) is 30.2 Å². The maximum absolute atomic E-state index is 11.9. The molecule has 3 heterocycles. The van der Waals surface area contributed by atoms with Crippen LogP contribution in [0.1, 0.15) is 46.8 Å². The Morgan fingerprint density at radius 3 is 2.88 bits per heavy atom. The van der Waals surface area contributed by atoms with Crippen LogP contribution in [0.15, 0.2) is 97.0 Å². The molecule has 6 aromatic rings. The van der Waals surface area contributed by atoms with Crippen LogP contribution in [0.25, 0.3) is 32.8 Å². The van der Waals surface area contributed by atoms with Gasteiger partial charge >= 0.3 is 0 Å². The average Bonchev–Trinajstić information content (AvgIpc) is 3.73. The van der Waals surface area contributed by atoms with Crippen LogP contribution in [-0.4, -0.2) is 25.9 Å². The largest absolute Gasteiger partial charge is 0.357 e. The lowest BCUT2D eigenvalue weighted by molar-refractivity contribution is -0.110. The summed E-state index contributed by atoms with van der Waals surface area (Å²) < 4.78 is 2.35. The van der Waals surface area contributed by atoms with Gasteiger partial charge < -0.3 is 25.2 Å². The van der Waals surface area contributed by atoms with Crippen LogP contribution in [0.3, 0.4) is 0 Å². The molecule has 3 aromatic heterocycles. The Morgan fingerprint density at radius 2 is 2.00 bits per heavy atom. The first-order chi connectivity index (χ1) is 20.7. The lowest BCUT2D eigenvalue weighted by Gasteiger charge is -2.21. The summed E-state index contributed by atoms with van der Waals surface area (Å²) in [4.78, 5) is 23.2. The van der Waals surface area contributed by atoms with E-state index in [2.05, 4.69) is 110 Å². The molecule has 7 heteroatoms. The van der Waals surface area contributed by atoms with Gasteiger partial charge in [-0.05, 0) is 72.2 Å². The number of H-pyrrole nitrogens is 2. The molecule has 0 saturated heterocycles. The smallest absolute Gasteiger partial charge is 0.207 e. The molecular weight excluding hydrogens is 520 g/mol. The van der Waals surface area contributed by atoms with Gasteiger partial charge in [0.15, 0.2) is 0 Å². The molecule has 1 aliphatic carbocycles. The van der Waals surface area contributed by atoms with Crippen LogP contribution in [0.2, 0.25) is 0 Å². The first-order valence-electron chi connectivity index (χ1n) is 14.5. The number of amides is 1. The van der Waals surface area contributed by atoms with E-state index in [0.29, 0.717) is 6.54 Å². The average molecular weight is 555 g/mol. The number of carbonyl (C=O) groups excluding carboxylic acids is 1. The number of imidazole rings is 1. The summed E-state index contributed by atoms with van der Waals surface area (Å²) >= 11 is 0. The summed E-state index contributed by atoms with van der Waals surface area (Å²) in [7, 11) is 0. The molecule has 42 heavy (non-hydrogen) atoms. The Hall–Kier alpha value is -4.88. The number of hydrogen-bond acceptors (Lipinski definition) is 3. The van der Waals surface area contributed by atoms with E-state index < -0.39 is 0 Å². The molecule has 1 amide bonds. The Balaban J connectivity index is 1.17. The highest BCUT2D eigenvalue weighted by molar-refractivity contribution is 5.87. The Bertz CT molecular complexity index is 1970. The molecule has 7 nitrogen and oxygen atoms in total. The van der Waals surface area contributed by atoms with Gasteiger partial charge in [0.05, 0.1) is 23.4 Å². The van der Waals surface area contributed by atoms with Gasteiger partial charge in [0.1, 0.15) is 0 Å². The molecule has 0 fully saturated rings. The van der Waals surface area contributed by atoms with Gasteiger partial charge in [0.2, 0.25) is 6.41 Å². The second-order valence-corrected chi connectivity index (χ2v) is 11.1. The number of aromatic nitrogens is 4. The van der Waals surface area contributed by atoms with E-state index >= 15 is 0 Å². The van der Waals surface area contributed by atoms with Crippen LogP contribution >= 0.6 is 0 Å². The van der Waals surface area contributed by atoms with Crippen molar-refractivity contribution in [3.05, 3.63) is 125 Å². The standard InChI is InChI=1S/C35H34N6O/c1-23-15-30-31(38-21-37-30)17-28(23)35(39-22-42)34-27-9-5-6-10-29(27)40-32(34)19-36-18-25-11-12-26-13-14-41(33(26)16-25)20-24-7-3-2-4-8-24/h2-3,5-7,9-17,21-22,35-36,40H,4,8,18-20H2,1H3,(H,37,38)(H,39,42). The number of carbonyl (C=O) groups is 1. The fraction of sp³-hybridized carbons (Fsp3) is 0.200. The normalized spacial score (nSPS) is 14.1. The van der Waals surface area contributed by atoms with E-state index in [-0.39, 0.29) is 6.04 Å². The zero-order valence-electron chi connectivity index (χ0n) is 23.7. The van der Waals surface area contributed by atoms with Gasteiger partial charge in [-0.2, -0.15) is 0 Å². The summed E-state index contributed by atoms with van der Waals surface area (Å²) in [6.45, 7) is 4.36. The minimum atomic E-state index is -0.319. The third kappa shape index (κ3) is 4.92. The van der Waals surface area contributed by atoms with Crippen molar-refractivity contribution in [3.63, 3.8) is 0 Å². The minimum Gasteiger partial charge on any atom is -0.357 e. The Kier molecular flexibility index (Phi) is 6.93. The Morgan fingerprint density at radius 1 is 1.07 bits per heavy atom. The van der Waals surface area contributed by atoms with E-state index in [1.165, 1.54) is 22.0 Å². The second-order valence-electron chi connectivity index (χ2n) is 11.1. The van der Waals surface area contributed by atoms with Gasteiger partial charge in [-0.1, -0.05) is 54.1 Å². The lowest BCUT2D eigenvalue weighted by atomic mass is 9.92. The molecule has 1 atom stereocenters. The van der Waals surface area contributed by atoms with E-state index in [9.17, 15) is 4.79 Å². The van der Waals surface area contributed by atoms with Crippen LogP contribution in [0.5, 0.6) is 0 Å². The number of benzene rings is 3. The zero-order chi connectivity index (χ0) is 28.5. The second kappa shape index (κ2) is 11.2. The van der Waals surface area contributed by atoms with E-state index in [4.69, 9.17) is 0 Å². The van der Waals surface area contributed by atoms with Gasteiger partial charge in [-0.15, -0.1) is 0 Å². The van der Waals surface area contributed by atoms with Gasteiger partial charge in [0, 0.05) is 53.5 Å². The van der Waals surface area contributed by atoms with Crippen molar-refractivity contribution in [2.75, 3.05) is 0 Å². The fourth-order valence-electron chi connectivity index (χ4n) is 6.31. The van der Waals surface area contributed by atoms with Crippen LogP contribution in [0, 0.1) is 6.92 Å². The maximum Gasteiger partial charge on any atom is 0.207 e. The van der Waals surface area contributed by atoms with Crippen molar-refractivity contribution < 1.29 is 4.79 Å². The number of aryl methyl sites for hydroxylation is 1. The highest BCUT2D eigenvalue weighted by Crippen LogP contribution is 2.35. The van der Waals surface area contributed by atoms with Crippen molar-refractivity contribution >= 4 is 39.2 Å². The van der Waals surface area contributed by atoms with Crippen molar-refractivity contribution in [3.8, 4) is 0 Å². The molecule has 0 bridgehead atoms. The topological polar surface area (TPSA) is 90.5 Å². The third-order valence-corrected chi connectivity index (χ3v) is 8.41. The summed E-state index contributed by atoms with van der Waals surface area (Å²) in [6.07, 6.45) is 13.6. The highest BCUT2D eigenvalue weighted by atomic mass is 16.1. The minimum absolute atomic E-state index is 0.319. The van der Waals surface area contributed by atoms with Crippen LogP contribution in [-0.2, 0) is 24.4 Å². The maximum atomic E-state index is 11.9. The summed E-state index contributed by atoms with van der Waals surface area (Å²) in [5, 5.41) is 9.15. The van der Waals surface area contributed by atoms with Crippen molar-refractivity contribution in [1.29, 1.82) is 0 Å². The molecule has 4 N–H and O–H groups in total.